The molecule has 0 heterocycles. The highest BCUT2D eigenvalue weighted by molar-refractivity contribution is 9.09. The maximum atomic E-state index is 9.66. The Labute approximate surface area is 179 Å². The lowest BCUT2D eigenvalue weighted by atomic mass is 9.72. The minimum Gasteiger partial charge on any atom is -0.508 e. The van der Waals surface area contributed by atoms with Crippen molar-refractivity contribution in [3.05, 3.63) is 59.7 Å². The first kappa shape index (κ1) is 22.8. The fourth-order valence-electron chi connectivity index (χ4n) is 3.92. The summed E-state index contributed by atoms with van der Waals surface area (Å²) in [6.07, 6.45) is 12.9. The lowest BCUT2D eigenvalue weighted by Gasteiger charge is -2.31. The number of phenols is 2. The number of aromatic hydroxyl groups is 2. The van der Waals surface area contributed by atoms with Crippen LogP contribution in [0.1, 0.15) is 82.3 Å². The van der Waals surface area contributed by atoms with Crippen LogP contribution in [0.15, 0.2) is 48.5 Å². The van der Waals surface area contributed by atoms with E-state index in [9.17, 15) is 10.2 Å². The van der Waals surface area contributed by atoms with Crippen molar-refractivity contribution in [1.29, 1.82) is 0 Å². The highest BCUT2D eigenvalue weighted by Crippen LogP contribution is 2.38. The second-order valence-corrected chi connectivity index (χ2v) is 8.84. The molecule has 0 aliphatic carbocycles. The van der Waals surface area contributed by atoms with Gasteiger partial charge in [0.05, 0.1) is 0 Å². The second kappa shape index (κ2) is 12.2. The molecule has 3 heteroatoms. The average Bonchev–Trinajstić information content (AvgIpc) is 2.70. The van der Waals surface area contributed by atoms with Crippen LogP contribution in [0.25, 0.3) is 0 Å². The summed E-state index contributed by atoms with van der Waals surface area (Å²) in [5, 5.41) is 20.4. The number of unbranched alkanes of at least 4 members (excludes halogenated alkanes) is 8. The fourth-order valence-corrected chi connectivity index (χ4v) is 4.32. The molecule has 0 aliphatic rings. The van der Waals surface area contributed by atoms with Gasteiger partial charge < -0.3 is 10.2 Å². The Kier molecular flexibility index (Phi) is 9.91. The molecular formula is C25H35BrO2. The topological polar surface area (TPSA) is 40.5 Å². The van der Waals surface area contributed by atoms with E-state index in [4.69, 9.17) is 0 Å². The van der Waals surface area contributed by atoms with Gasteiger partial charge in [0.15, 0.2) is 0 Å². The third-order valence-corrected chi connectivity index (χ3v) is 6.38. The Bertz CT molecular complexity index is 618. The highest BCUT2D eigenvalue weighted by Gasteiger charge is 2.28. The third-order valence-electron chi connectivity index (χ3n) is 5.82. The zero-order valence-corrected chi connectivity index (χ0v) is 18.8. The molecule has 0 atom stereocenters. The molecule has 2 aromatic carbocycles. The zero-order valence-electron chi connectivity index (χ0n) is 17.2. The largest absolute Gasteiger partial charge is 0.508 e. The average molecular weight is 447 g/mol. The zero-order chi connectivity index (χ0) is 20.2. The van der Waals surface area contributed by atoms with Gasteiger partial charge in [-0.3, -0.25) is 0 Å². The SMILES string of the molecule is CC(CCCCCCCCCCCBr)(c1ccc(O)cc1)c1ccc(O)cc1. The Hall–Kier alpha value is -1.48. The van der Waals surface area contributed by atoms with Crippen molar-refractivity contribution in [2.45, 2.75) is 76.5 Å². The van der Waals surface area contributed by atoms with Crippen molar-refractivity contribution >= 4 is 15.9 Å². The number of phenolic OH excluding ortho intramolecular Hbond substituents is 2. The molecule has 0 unspecified atom stereocenters. The number of halogens is 1. The molecule has 0 bridgehead atoms. The van der Waals surface area contributed by atoms with Gasteiger partial charge in [-0.05, 0) is 48.2 Å². The molecule has 0 spiro atoms. The summed E-state index contributed by atoms with van der Waals surface area (Å²) in [4.78, 5) is 0. The fraction of sp³-hybridized carbons (Fsp3) is 0.520. The van der Waals surface area contributed by atoms with Crippen LogP contribution in [0.5, 0.6) is 11.5 Å². The summed E-state index contributed by atoms with van der Waals surface area (Å²) in [5.74, 6) is 0.598. The monoisotopic (exact) mass is 446 g/mol. The van der Waals surface area contributed by atoms with Gasteiger partial charge in [0.2, 0.25) is 0 Å². The molecule has 0 aliphatic heterocycles. The van der Waals surface area contributed by atoms with Crippen molar-refractivity contribution < 1.29 is 10.2 Å². The van der Waals surface area contributed by atoms with Crippen LogP contribution in [0.4, 0.5) is 0 Å². The Morgan fingerprint density at radius 1 is 0.607 bits per heavy atom. The summed E-state index contributed by atoms with van der Waals surface area (Å²) < 4.78 is 0. The first-order chi connectivity index (χ1) is 13.6. The van der Waals surface area contributed by atoms with Crippen molar-refractivity contribution in [2.75, 3.05) is 5.33 Å². The lowest BCUT2D eigenvalue weighted by Crippen LogP contribution is -2.23. The van der Waals surface area contributed by atoms with E-state index in [1.165, 1.54) is 68.9 Å². The summed E-state index contributed by atoms with van der Waals surface area (Å²) in [6.45, 7) is 2.27. The summed E-state index contributed by atoms with van der Waals surface area (Å²) in [7, 11) is 0. The van der Waals surface area contributed by atoms with E-state index in [-0.39, 0.29) is 5.41 Å². The van der Waals surface area contributed by atoms with Gasteiger partial charge in [-0.2, -0.15) is 0 Å². The predicted octanol–water partition coefficient (Wildman–Crippen LogP) is 7.70. The van der Waals surface area contributed by atoms with Crippen LogP contribution in [0.3, 0.4) is 0 Å². The summed E-state index contributed by atoms with van der Waals surface area (Å²) in [5.41, 5.74) is 2.31. The predicted molar refractivity (Wildman–Crippen MR) is 123 cm³/mol. The van der Waals surface area contributed by atoms with E-state index in [2.05, 4.69) is 22.9 Å². The maximum absolute atomic E-state index is 9.66. The molecule has 0 aromatic heterocycles. The molecule has 28 heavy (non-hydrogen) atoms. The first-order valence-corrected chi connectivity index (χ1v) is 11.8. The van der Waals surface area contributed by atoms with Crippen LogP contribution >= 0.6 is 15.9 Å². The van der Waals surface area contributed by atoms with Crippen molar-refractivity contribution in [3.63, 3.8) is 0 Å². The summed E-state index contributed by atoms with van der Waals surface area (Å²) in [6, 6.07) is 15.2. The van der Waals surface area contributed by atoms with Crippen LogP contribution in [0, 0.1) is 0 Å². The molecule has 2 aromatic rings. The molecule has 0 saturated carbocycles. The molecule has 2 rings (SSSR count). The second-order valence-electron chi connectivity index (χ2n) is 8.05. The number of rotatable bonds is 13. The maximum Gasteiger partial charge on any atom is 0.115 e. The van der Waals surface area contributed by atoms with Crippen molar-refractivity contribution in [3.8, 4) is 11.5 Å². The van der Waals surface area contributed by atoms with E-state index >= 15 is 0 Å². The van der Waals surface area contributed by atoms with Gasteiger partial charge in [0.25, 0.3) is 0 Å². The Balaban J connectivity index is 1.87. The number of hydrogen-bond donors (Lipinski definition) is 2. The molecule has 0 amide bonds. The van der Waals surface area contributed by atoms with Crippen molar-refractivity contribution in [2.24, 2.45) is 0 Å². The smallest absolute Gasteiger partial charge is 0.115 e. The van der Waals surface area contributed by atoms with Crippen LogP contribution in [-0.2, 0) is 5.41 Å². The van der Waals surface area contributed by atoms with Crippen LogP contribution in [0.2, 0.25) is 0 Å². The van der Waals surface area contributed by atoms with Gasteiger partial charge >= 0.3 is 0 Å². The van der Waals surface area contributed by atoms with E-state index in [0.717, 1.165) is 11.8 Å². The van der Waals surface area contributed by atoms with Crippen LogP contribution in [-0.4, -0.2) is 15.5 Å². The van der Waals surface area contributed by atoms with Crippen LogP contribution < -0.4 is 0 Å². The summed E-state index contributed by atoms with van der Waals surface area (Å²) >= 11 is 3.49. The third kappa shape index (κ3) is 7.16. The molecular weight excluding hydrogens is 412 g/mol. The minimum absolute atomic E-state index is 0.114. The van der Waals surface area contributed by atoms with Gasteiger partial charge in [0, 0.05) is 10.7 Å². The molecule has 154 valence electrons. The van der Waals surface area contributed by atoms with Crippen molar-refractivity contribution in [1.82, 2.24) is 0 Å². The normalized spacial score (nSPS) is 11.6. The van der Waals surface area contributed by atoms with E-state index < -0.39 is 0 Å². The van der Waals surface area contributed by atoms with E-state index in [0.29, 0.717) is 11.5 Å². The molecule has 0 fully saturated rings. The Morgan fingerprint density at radius 2 is 0.964 bits per heavy atom. The molecule has 0 saturated heterocycles. The highest BCUT2D eigenvalue weighted by atomic mass is 79.9. The molecule has 2 nitrogen and oxygen atoms in total. The van der Waals surface area contributed by atoms with Gasteiger partial charge in [0.1, 0.15) is 11.5 Å². The molecule has 2 N–H and O–H groups in total. The van der Waals surface area contributed by atoms with E-state index in [1.54, 1.807) is 24.3 Å². The Morgan fingerprint density at radius 3 is 1.36 bits per heavy atom. The number of benzene rings is 2. The quantitative estimate of drug-likeness (QED) is 0.244. The number of hydrogen-bond acceptors (Lipinski definition) is 2. The lowest BCUT2D eigenvalue weighted by molar-refractivity contribution is 0.459. The first-order valence-electron chi connectivity index (χ1n) is 10.7. The number of alkyl halides is 1. The standard InChI is InChI=1S/C25H35BrO2/c1-25(21-11-15-23(27)16-12-21,22-13-17-24(28)18-14-22)19-9-7-5-3-2-4-6-8-10-20-26/h11-18,27-28H,2-10,19-20H2,1H3. The van der Waals surface area contributed by atoms with Gasteiger partial charge in [-0.1, -0.05) is 98.5 Å². The van der Waals surface area contributed by atoms with Gasteiger partial charge in [-0.25, -0.2) is 0 Å². The minimum atomic E-state index is -0.114. The molecule has 0 radical (unpaired) electrons. The van der Waals surface area contributed by atoms with Gasteiger partial charge in [-0.15, -0.1) is 0 Å². The van der Waals surface area contributed by atoms with E-state index in [1.807, 2.05) is 24.3 Å².